The van der Waals surface area contributed by atoms with E-state index in [1.165, 1.54) is 0 Å². The summed E-state index contributed by atoms with van der Waals surface area (Å²) in [7, 11) is 3.38. The highest BCUT2D eigenvalue weighted by molar-refractivity contribution is 6.31. The van der Waals surface area contributed by atoms with Crippen LogP contribution >= 0.6 is 11.6 Å². The van der Waals surface area contributed by atoms with Gasteiger partial charge >= 0.3 is 6.01 Å². The van der Waals surface area contributed by atoms with E-state index in [0.717, 1.165) is 11.3 Å². The van der Waals surface area contributed by atoms with Gasteiger partial charge in [0, 0.05) is 11.1 Å². The largest absolute Gasteiger partial charge is 0.495 e. The molecule has 6 nitrogen and oxygen atoms in total. The molecule has 102 valence electrons. The Labute approximate surface area is 116 Å². The minimum atomic E-state index is 0.310. The lowest BCUT2D eigenvalue weighted by atomic mass is 10.2. The van der Waals surface area contributed by atoms with Crippen molar-refractivity contribution in [3.05, 3.63) is 28.6 Å². The molecule has 0 spiro atoms. The number of halogens is 1. The van der Waals surface area contributed by atoms with Crippen molar-refractivity contribution in [2.75, 3.05) is 19.5 Å². The van der Waals surface area contributed by atoms with E-state index in [1.54, 1.807) is 13.2 Å². The first kappa shape index (κ1) is 13.6. The predicted octanol–water partition coefficient (Wildman–Crippen LogP) is 2.50. The summed E-state index contributed by atoms with van der Waals surface area (Å²) in [6.45, 7) is 2.43. The number of aryl methyl sites for hydroxylation is 1. The molecule has 19 heavy (non-hydrogen) atoms. The summed E-state index contributed by atoms with van der Waals surface area (Å²) >= 11 is 6.05. The summed E-state index contributed by atoms with van der Waals surface area (Å²) in [5.74, 6) is 1.12. The van der Waals surface area contributed by atoms with Gasteiger partial charge in [-0.2, -0.15) is 0 Å². The molecule has 0 aliphatic heterocycles. The van der Waals surface area contributed by atoms with Gasteiger partial charge in [-0.25, -0.2) is 0 Å². The van der Waals surface area contributed by atoms with Crippen molar-refractivity contribution in [3.63, 3.8) is 0 Å². The maximum atomic E-state index is 6.05. The average molecular weight is 283 g/mol. The molecule has 0 amide bonds. The van der Waals surface area contributed by atoms with Gasteiger partial charge in [-0.3, -0.25) is 0 Å². The first-order valence-corrected chi connectivity index (χ1v) is 6.10. The first-order valence-electron chi connectivity index (χ1n) is 5.72. The number of nitrogens with one attached hydrogen (secondary N) is 2. The molecule has 0 fully saturated rings. The number of hydrogen-bond acceptors (Lipinski definition) is 6. The van der Waals surface area contributed by atoms with Crippen LogP contribution in [0.2, 0.25) is 5.02 Å². The molecule has 1 aromatic carbocycles. The Morgan fingerprint density at radius 2 is 2.16 bits per heavy atom. The molecule has 0 atom stereocenters. The average Bonchev–Trinajstić information content (AvgIpc) is 2.81. The monoisotopic (exact) mass is 282 g/mol. The zero-order valence-corrected chi connectivity index (χ0v) is 11.7. The Hall–Kier alpha value is -1.79. The van der Waals surface area contributed by atoms with Crippen LogP contribution in [-0.4, -0.2) is 24.4 Å². The second-order valence-electron chi connectivity index (χ2n) is 3.96. The molecule has 0 unspecified atom stereocenters. The molecule has 1 heterocycles. The molecule has 0 saturated heterocycles. The predicted molar refractivity (Wildman–Crippen MR) is 73.1 cm³/mol. The van der Waals surface area contributed by atoms with Gasteiger partial charge < -0.3 is 19.8 Å². The third-order valence-corrected chi connectivity index (χ3v) is 2.92. The quantitative estimate of drug-likeness (QED) is 0.878. The van der Waals surface area contributed by atoms with E-state index >= 15 is 0 Å². The van der Waals surface area contributed by atoms with Crippen LogP contribution in [0.3, 0.4) is 0 Å². The lowest BCUT2D eigenvalue weighted by Gasteiger charge is -2.10. The van der Waals surface area contributed by atoms with Crippen LogP contribution in [0.4, 0.5) is 11.7 Å². The van der Waals surface area contributed by atoms with Gasteiger partial charge in [-0.15, -0.1) is 5.10 Å². The van der Waals surface area contributed by atoms with Crippen molar-refractivity contribution in [1.29, 1.82) is 0 Å². The highest BCUT2D eigenvalue weighted by atomic mass is 35.5. The molecule has 2 N–H and O–H groups in total. The van der Waals surface area contributed by atoms with Crippen molar-refractivity contribution in [1.82, 2.24) is 15.5 Å². The van der Waals surface area contributed by atoms with Gasteiger partial charge in [0.25, 0.3) is 0 Å². The van der Waals surface area contributed by atoms with Crippen LogP contribution < -0.4 is 15.4 Å². The van der Waals surface area contributed by atoms with E-state index in [1.807, 2.05) is 20.0 Å². The van der Waals surface area contributed by atoms with Crippen molar-refractivity contribution in [2.24, 2.45) is 0 Å². The fourth-order valence-electron chi connectivity index (χ4n) is 1.57. The second kappa shape index (κ2) is 5.90. The second-order valence-corrected chi connectivity index (χ2v) is 4.37. The fourth-order valence-corrected chi connectivity index (χ4v) is 1.73. The number of methoxy groups -OCH3 is 1. The lowest BCUT2D eigenvalue weighted by Crippen LogP contribution is -2.04. The third kappa shape index (κ3) is 3.15. The molecule has 2 rings (SSSR count). The summed E-state index contributed by atoms with van der Waals surface area (Å²) in [5, 5.41) is 14.4. The Balaban J connectivity index is 2.24. The van der Waals surface area contributed by atoms with Gasteiger partial charge in [0.1, 0.15) is 5.75 Å². The molecule has 0 saturated carbocycles. The summed E-state index contributed by atoms with van der Waals surface area (Å²) in [6.07, 6.45) is 0. The van der Waals surface area contributed by atoms with Crippen LogP contribution in [-0.2, 0) is 6.54 Å². The number of aromatic nitrogens is 2. The molecule has 1 aromatic heterocycles. The Morgan fingerprint density at radius 3 is 2.84 bits per heavy atom. The van der Waals surface area contributed by atoms with Gasteiger partial charge in [-0.1, -0.05) is 16.7 Å². The zero-order chi connectivity index (χ0) is 13.8. The number of hydrogen-bond donors (Lipinski definition) is 2. The van der Waals surface area contributed by atoms with Crippen LogP contribution in [0.1, 0.15) is 11.5 Å². The van der Waals surface area contributed by atoms with Crippen LogP contribution in [0.15, 0.2) is 16.5 Å². The molecule has 0 bridgehead atoms. The van der Waals surface area contributed by atoms with Crippen LogP contribution in [0.25, 0.3) is 0 Å². The minimum absolute atomic E-state index is 0.310. The molecule has 2 aromatic rings. The minimum Gasteiger partial charge on any atom is -0.495 e. The Bertz CT molecular complexity index is 571. The highest BCUT2D eigenvalue weighted by Crippen LogP contribution is 2.32. The molecular weight excluding hydrogens is 268 g/mol. The van der Waals surface area contributed by atoms with Gasteiger partial charge in [-0.05, 0) is 25.6 Å². The van der Waals surface area contributed by atoms with E-state index in [4.69, 9.17) is 20.8 Å². The summed E-state index contributed by atoms with van der Waals surface area (Å²) in [5.41, 5.74) is 1.66. The fraction of sp³-hybridized carbons (Fsp3) is 0.333. The topological polar surface area (TPSA) is 72.2 Å². The normalized spacial score (nSPS) is 10.5. The van der Waals surface area contributed by atoms with E-state index < -0.39 is 0 Å². The smallest absolute Gasteiger partial charge is 0.320 e. The standard InChI is InChI=1S/C12H15ClN4O2/c1-7-4-9(10(18-3)5-8(7)13)15-12-17-16-11(19-12)6-14-2/h4-5,14H,6H2,1-3H3,(H,15,17). The van der Waals surface area contributed by atoms with Crippen LogP contribution in [0.5, 0.6) is 5.75 Å². The summed E-state index contributed by atoms with van der Waals surface area (Å²) in [6, 6.07) is 3.91. The molecule has 0 aliphatic carbocycles. The zero-order valence-electron chi connectivity index (χ0n) is 11.0. The Kier molecular flexibility index (Phi) is 4.24. The number of nitrogens with zero attached hydrogens (tertiary/aromatic N) is 2. The van der Waals surface area contributed by atoms with Crippen LogP contribution in [0, 0.1) is 6.92 Å². The Morgan fingerprint density at radius 1 is 1.37 bits per heavy atom. The maximum absolute atomic E-state index is 6.05. The van der Waals surface area contributed by atoms with E-state index in [-0.39, 0.29) is 0 Å². The first-order chi connectivity index (χ1) is 9.13. The third-order valence-electron chi connectivity index (χ3n) is 2.52. The SMILES string of the molecule is CNCc1nnc(Nc2cc(C)c(Cl)cc2OC)o1. The number of benzene rings is 1. The van der Waals surface area contributed by atoms with Crippen molar-refractivity contribution in [3.8, 4) is 5.75 Å². The lowest BCUT2D eigenvalue weighted by molar-refractivity contribution is 0.416. The van der Waals surface area contributed by atoms with Crippen molar-refractivity contribution in [2.45, 2.75) is 13.5 Å². The molecule has 7 heteroatoms. The summed E-state index contributed by atoms with van der Waals surface area (Å²) in [4.78, 5) is 0. The van der Waals surface area contributed by atoms with Crippen molar-refractivity contribution < 1.29 is 9.15 Å². The molecular formula is C12H15ClN4O2. The maximum Gasteiger partial charge on any atom is 0.320 e. The van der Waals surface area contributed by atoms with Gasteiger partial charge in [0.05, 0.1) is 19.3 Å². The van der Waals surface area contributed by atoms with Gasteiger partial charge in [0.2, 0.25) is 5.89 Å². The van der Waals surface area contributed by atoms with E-state index in [2.05, 4.69) is 20.8 Å². The molecule has 0 aliphatic rings. The van der Waals surface area contributed by atoms with E-state index in [9.17, 15) is 0 Å². The highest BCUT2D eigenvalue weighted by Gasteiger charge is 2.11. The number of rotatable bonds is 5. The number of anilines is 2. The van der Waals surface area contributed by atoms with Gasteiger partial charge in [0.15, 0.2) is 0 Å². The number of ether oxygens (including phenoxy) is 1. The van der Waals surface area contributed by atoms with E-state index in [0.29, 0.717) is 29.2 Å². The van der Waals surface area contributed by atoms with Crippen molar-refractivity contribution >= 4 is 23.3 Å². The summed E-state index contributed by atoms with van der Waals surface area (Å²) < 4.78 is 10.7. The molecule has 0 radical (unpaired) electrons.